The lowest BCUT2D eigenvalue weighted by Gasteiger charge is -2.11. The molecule has 0 aliphatic carbocycles. The van der Waals surface area contributed by atoms with Gasteiger partial charge in [-0.3, -0.25) is 9.78 Å². The summed E-state index contributed by atoms with van der Waals surface area (Å²) in [4.78, 5) is 20.7. The Bertz CT molecular complexity index is 655. The Morgan fingerprint density at radius 2 is 2.20 bits per heavy atom. The molecule has 1 fully saturated rings. The van der Waals surface area contributed by atoms with Gasteiger partial charge in [-0.2, -0.15) is 0 Å². The second kappa shape index (κ2) is 9.13. The molecule has 1 saturated heterocycles. The Balaban J connectivity index is 1.38. The second-order valence-electron chi connectivity index (χ2n) is 6.13. The van der Waals surface area contributed by atoms with Gasteiger partial charge in [-0.15, -0.1) is 0 Å². The third-order valence-corrected chi connectivity index (χ3v) is 4.18. The molecule has 0 spiro atoms. The number of hydrogen-bond acceptors (Lipinski definition) is 5. The van der Waals surface area contributed by atoms with Crippen molar-refractivity contribution in [2.24, 2.45) is 0 Å². The van der Waals surface area contributed by atoms with Crippen molar-refractivity contribution in [2.45, 2.75) is 31.8 Å². The van der Waals surface area contributed by atoms with Crippen LogP contribution in [-0.4, -0.2) is 41.7 Å². The Morgan fingerprint density at radius 1 is 1.24 bits per heavy atom. The number of nitrogens with zero attached hydrogens (tertiary/aromatic N) is 2. The monoisotopic (exact) mass is 340 g/mol. The van der Waals surface area contributed by atoms with Crippen molar-refractivity contribution in [1.82, 2.24) is 15.3 Å². The molecule has 1 aliphatic rings. The van der Waals surface area contributed by atoms with Gasteiger partial charge in [-0.05, 0) is 49.9 Å². The molecule has 0 unspecified atom stereocenters. The van der Waals surface area contributed by atoms with Gasteiger partial charge in [0.25, 0.3) is 5.91 Å². The highest BCUT2D eigenvalue weighted by molar-refractivity contribution is 5.94. The minimum Gasteiger partial charge on any atom is -0.376 e. The van der Waals surface area contributed by atoms with Crippen LogP contribution in [0.15, 0.2) is 42.7 Å². The predicted molar refractivity (Wildman–Crippen MR) is 96.6 cm³/mol. The Morgan fingerprint density at radius 3 is 2.92 bits per heavy atom. The summed E-state index contributed by atoms with van der Waals surface area (Å²) in [6.45, 7) is 2.22. The summed E-state index contributed by atoms with van der Waals surface area (Å²) in [5.74, 6) is 0.668. The van der Waals surface area contributed by atoms with E-state index in [1.54, 1.807) is 18.5 Å². The zero-order valence-corrected chi connectivity index (χ0v) is 14.3. The number of carbonyl (C=O) groups is 1. The van der Waals surface area contributed by atoms with E-state index < -0.39 is 0 Å². The Hall–Kier alpha value is -2.47. The van der Waals surface area contributed by atoms with E-state index in [1.807, 2.05) is 24.3 Å². The van der Waals surface area contributed by atoms with Crippen molar-refractivity contribution in [3.05, 3.63) is 54.0 Å². The lowest BCUT2D eigenvalue weighted by molar-refractivity contribution is 0.0953. The van der Waals surface area contributed by atoms with Crippen molar-refractivity contribution in [3.63, 3.8) is 0 Å². The van der Waals surface area contributed by atoms with E-state index in [0.717, 1.165) is 50.3 Å². The lowest BCUT2D eigenvalue weighted by atomic mass is 10.2. The molecule has 2 aromatic heterocycles. The van der Waals surface area contributed by atoms with Gasteiger partial charge in [0.05, 0.1) is 11.7 Å². The summed E-state index contributed by atoms with van der Waals surface area (Å²) >= 11 is 0. The van der Waals surface area contributed by atoms with Gasteiger partial charge >= 0.3 is 0 Å². The van der Waals surface area contributed by atoms with Crippen LogP contribution in [0, 0.1) is 0 Å². The molecule has 2 N–H and O–H groups in total. The Kier molecular flexibility index (Phi) is 6.34. The normalized spacial score (nSPS) is 16.6. The molecule has 6 nitrogen and oxygen atoms in total. The third-order valence-electron chi connectivity index (χ3n) is 4.18. The molecule has 2 aromatic rings. The molecular weight excluding hydrogens is 316 g/mol. The summed E-state index contributed by atoms with van der Waals surface area (Å²) in [5.41, 5.74) is 1.61. The summed E-state index contributed by atoms with van der Waals surface area (Å²) in [6, 6.07) is 9.49. The third kappa shape index (κ3) is 5.53. The molecule has 0 radical (unpaired) electrons. The quantitative estimate of drug-likeness (QED) is 0.722. The number of ether oxygens (including phenoxy) is 1. The number of amides is 1. The first kappa shape index (κ1) is 17.4. The van der Waals surface area contributed by atoms with Gasteiger partial charge in [0, 0.05) is 37.8 Å². The molecular formula is C19H24N4O2. The largest absolute Gasteiger partial charge is 0.376 e. The maximum absolute atomic E-state index is 12.1. The van der Waals surface area contributed by atoms with Crippen LogP contribution >= 0.6 is 0 Å². The molecule has 3 heterocycles. The van der Waals surface area contributed by atoms with Crippen molar-refractivity contribution in [2.75, 3.05) is 25.0 Å². The summed E-state index contributed by atoms with van der Waals surface area (Å²) in [7, 11) is 0. The number of nitrogens with one attached hydrogen (secondary N) is 2. The van der Waals surface area contributed by atoms with Crippen molar-refractivity contribution in [1.29, 1.82) is 0 Å². The van der Waals surface area contributed by atoms with Crippen LogP contribution in [0.5, 0.6) is 0 Å². The van der Waals surface area contributed by atoms with E-state index >= 15 is 0 Å². The average molecular weight is 340 g/mol. The van der Waals surface area contributed by atoms with Crippen LogP contribution in [0.1, 0.15) is 35.3 Å². The molecule has 1 atom stereocenters. The van der Waals surface area contributed by atoms with E-state index in [-0.39, 0.29) is 12.0 Å². The molecule has 1 amide bonds. The van der Waals surface area contributed by atoms with Crippen LogP contribution in [0.2, 0.25) is 0 Å². The lowest BCUT2D eigenvalue weighted by Crippen LogP contribution is -2.25. The van der Waals surface area contributed by atoms with E-state index in [1.165, 1.54) is 0 Å². The van der Waals surface area contributed by atoms with E-state index in [0.29, 0.717) is 12.1 Å². The van der Waals surface area contributed by atoms with Crippen LogP contribution in [-0.2, 0) is 11.2 Å². The molecule has 0 saturated carbocycles. The number of aromatic nitrogens is 2. The Labute approximate surface area is 148 Å². The van der Waals surface area contributed by atoms with Gasteiger partial charge in [0.15, 0.2) is 0 Å². The van der Waals surface area contributed by atoms with E-state index in [2.05, 4.69) is 20.6 Å². The molecule has 1 aliphatic heterocycles. The molecule has 3 rings (SSSR count). The van der Waals surface area contributed by atoms with E-state index in [9.17, 15) is 4.79 Å². The first-order valence-electron chi connectivity index (χ1n) is 8.81. The maximum atomic E-state index is 12.1. The highest BCUT2D eigenvalue weighted by Gasteiger charge is 2.15. The highest BCUT2D eigenvalue weighted by atomic mass is 16.5. The van der Waals surface area contributed by atoms with E-state index in [4.69, 9.17) is 4.74 Å². The van der Waals surface area contributed by atoms with Gasteiger partial charge < -0.3 is 15.4 Å². The van der Waals surface area contributed by atoms with Gasteiger partial charge in [-0.25, -0.2) is 4.98 Å². The minimum atomic E-state index is -0.0980. The average Bonchev–Trinajstić information content (AvgIpc) is 3.18. The second-order valence-corrected chi connectivity index (χ2v) is 6.13. The molecule has 6 heteroatoms. The fourth-order valence-corrected chi connectivity index (χ4v) is 2.78. The topological polar surface area (TPSA) is 76.1 Å². The first-order chi connectivity index (χ1) is 12.3. The molecule has 132 valence electrons. The summed E-state index contributed by atoms with van der Waals surface area (Å²) < 4.78 is 5.56. The molecule has 0 aromatic carbocycles. The van der Waals surface area contributed by atoms with Crippen LogP contribution in [0.4, 0.5) is 5.82 Å². The van der Waals surface area contributed by atoms with Crippen LogP contribution in [0.25, 0.3) is 0 Å². The number of aryl methyl sites for hydroxylation is 1. The van der Waals surface area contributed by atoms with Crippen molar-refractivity contribution >= 4 is 11.7 Å². The number of rotatable bonds is 8. The first-order valence-corrected chi connectivity index (χ1v) is 8.81. The standard InChI is InChI=1S/C19H24N4O2/c24-19(21-11-3-6-16-5-1-2-10-20-16)15-8-9-18(22-13-15)23-14-17-7-4-12-25-17/h1-2,5,8-10,13,17H,3-4,6-7,11-12,14H2,(H,21,24)(H,22,23)/t17-/m1/s1. The summed E-state index contributed by atoms with van der Waals surface area (Å²) in [5, 5.41) is 6.17. The molecule has 0 bridgehead atoms. The fraction of sp³-hybridized carbons (Fsp3) is 0.421. The van der Waals surface area contributed by atoms with Crippen molar-refractivity contribution in [3.8, 4) is 0 Å². The van der Waals surface area contributed by atoms with Gasteiger partial charge in [0.2, 0.25) is 0 Å². The minimum absolute atomic E-state index is 0.0980. The predicted octanol–water partition coefficient (Wildman–Crippen LogP) is 2.43. The fourth-order valence-electron chi connectivity index (χ4n) is 2.78. The van der Waals surface area contributed by atoms with Gasteiger partial charge in [-0.1, -0.05) is 6.07 Å². The van der Waals surface area contributed by atoms with Crippen molar-refractivity contribution < 1.29 is 9.53 Å². The smallest absolute Gasteiger partial charge is 0.252 e. The molecule has 25 heavy (non-hydrogen) atoms. The summed E-state index contributed by atoms with van der Waals surface area (Å²) in [6.07, 6.45) is 7.58. The van der Waals surface area contributed by atoms with Crippen LogP contribution in [0.3, 0.4) is 0 Å². The maximum Gasteiger partial charge on any atom is 0.252 e. The van der Waals surface area contributed by atoms with Crippen LogP contribution < -0.4 is 10.6 Å². The number of carbonyl (C=O) groups excluding carboxylic acids is 1. The zero-order valence-electron chi connectivity index (χ0n) is 14.3. The number of hydrogen-bond donors (Lipinski definition) is 2. The zero-order chi connectivity index (χ0) is 17.3. The number of anilines is 1. The number of pyridine rings is 2. The SMILES string of the molecule is O=C(NCCCc1ccccn1)c1ccc(NC[C@H]2CCCO2)nc1. The van der Waals surface area contributed by atoms with Gasteiger partial charge in [0.1, 0.15) is 5.82 Å². The highest BCUT2D eigenvalue weighted by Crippen LogP contribution is 2.13.